The van der Waals surface area contributed by atoms with Crippen LogP contribution in [0.3, 0.4) is 0 Å². The highest BCUT2D eigenvalue weighted by Gasteiger charge is 2.15. The molecule has 0 bridgehead atoms. The first-order chi connectivity index (χ1) is 8.51. The van der Waals surface area contributed by atoms with Gasteiger partial charge in [0.25, 0.3) is 0 Å². The van der Waals surface area contributed by atoms with Gasteiger partial charge in [-0.25, -0.2) is 13.1 Å². The van der Waals surface area contributed by atoms with Crippen molar-refractivity contribution in [2.45, 2.75) is 18.0 Å². The van der Waals surface area contributed by atoms with E-state index in [-0.39, 0.29) is 22.9 Å². The van der Waals surface area contributed by atoms with Gasteiger partial charge >= 0.3 is 4.87 Å². The third-order valence-corrected chi connectivity index (χ3v) is 4.32. The molecule has 0 aromatic carbocycles. The SMILES string of the molecule is O=c1[nH]c(CNS(=O)(=O)c2c[nH]c(CO)c2)cs1. The number of aromatic nitrogens is 2. The Bertz CT molecular complexity index is 682. The van der Waals surface area contributed by atoms with E-state index in [1.165, 1.54) is 12.3 Å². The fourth-order valence-electron chi connectivity index (χ4n) is 1.32. The lowest BCUT2D eigenvalue weighted by Crippen LogP contribution is -2.23. The highest BCUT2D eigenvalue weighted by molar-refractivity contribution is 7.89. The van der Waals surface area contributed by atoms with Crippen LogP contribution in [-0.4, -0.2) is 23.5 Å². The molecule has 2 heterocycles. The van der Waals surface area contributed by atoms with E-state index in [0.29, 0.717) is 11.4 Å². The summed E-state index contributed by atoms with van der Waals surface area (Å²) in [6.07, 6.45) is 1.30. The van der Waals surface area contributed by atoms with Gasteiger partial charge in [-0.15, -0.1) is 0 Å². The van der Waals surface area contributed by atoms with Crippen molar-refractivity contribution in [1.29, 1.82) is 0 Å². The Morgan fingerprint density at radius 1 is 1.39 bits per heavy atom. The van der Waals surface area contributed by atoms with Crippen molar-refractivity contribution in [2.24, 2.45) is 0 Å². The van der Waals surface area contributed by atoms with Gasteiger partial charge in [0.2, 0.25) is 10.0 Å². The van der Waals surface area contributed by atoms with Crippen LogP contribution in [0.4, 0.5) is 0 Å². The first-order valence-corrected chi connectivity index (χ1v) is 7.32. The van der Waals surface area contributed by atoms with Gasteiger partial charge in [-0.1, -0.05) is 11.3 Å². The molecule has 0 amide bonds. The summed E-state index contributed by atoms with van der Waals surface area (Å²) >= 11 is 0.973. The van der Waals surface area contributed by atoms with Gasteiger partial charge in [0, 0.05) is 23.0 Å². The first-order valence-electron chi connectivity index (χ1n) is 4.96. The quantitative estimate of drug-likeness (QED) is 0.606. The number of H-pyrrole nitrogens is 2. The summed E-state index contributed by atoms with van der Waals surface area (Å²) in [6.45, 7) is -0.242. The van der Waals surface area contributed by atoms with Crippen molar-refractivity contribution in [3.63, 3.8) is 0 Å². The fourth-order valence-corrected chi connectivity index (χ4v) is 2.93. The average molecular weight is 289 g/mol. The number of thiazole rings is 1. The standard InChI is InChI=1S/C9H11N3O4S2/c13-4-6-1-8(3-10-6)18(15,16)11-2-7-5-17-9(14)12-7/h1,3,5,10-11,13H,2,4H2,(H,12,14). The molecular formula is C9H11N3O4S2. The van der Waals surface area contributed by atoms with Crippen LogP contribution in [-0.2, 0) is 23.2 Å². The van der Waals surface area contributed by atoms with Gasteiger partial charge < -0.3 is 15.1 Å². The Hall–Kier alpha value is -1.42. The average Bonchev–Trinajstić information content (AvgIpc) is 2.95. The Labute approximate surface area is 107 Å². The highest BCUT2D eigenvalue weighted by atomic mass is 32.2. The van der Waals surface area contributed by atoms with E-state index in [1.54, 1.807) is 5.38 Å². The van der Waals surface area contributed by atoms with Crippen molar-refractivity contribution >= 4 is 21.4 Å². The molecule has 0 atom stereocenters. The van der Waals surface area contributed by atoms with Crippen LogP contribution in [0.25, 0.3) is 0 Å². The van der Waals surface area contributed by atoms with Crippen LogP contribution >= 0.6 is 11.3 Å². The molecule has 0 radical (unpaired) electrons. The number of sulfonamides is 1. The number of hydrogen-bond acceptors (Lipinski definition) is 5. The third-order valence-electron chi connectivity index (χ3n) is 2.22. The number of aliphatic hydroxyl groups excluding tert-OH is 1. The maximum Gasteiger partial charge on any atom is 0.304 e. The first kappa shape index (κ1) is 13.0. The molecule has 98 valence electrons. The summed E-state index contributed by atoms with van der Waals surface area (Å²) in [5, 5.41) is 10.4. The molecular weight excluding hydrogens is 278 g/mol. The maximum absolute atomic E-state index is 11.8. The Balaban J connectivity index is 2.10. The Morgan fingerprint density at radius 2 is 2.17 bits per heavy atom. The van der Waals surface area contributed by atoms with Crippen LogP contribution in [0.1, 0.15) is 11.4 Å². The molecule has 2 aromatic rings. The van der Waals surface area contributed by atoms with E-state index in [2.05, 4.69) is 14.7 Å². The molecule has 0 aliphatic rings. The number of aliphatic hydroxyl groups is 1. The molecule has 4 N–H and O–H groups in total. The predicted molar refractivity (Wildman–Crippen MR) is 65.7 cm³/mol. The zero-order valence-electron chi connectivity index (χ0n) is 9.13. The van der Waals surface area contributed by atoms with E-state index in [1.807, 2.05) is 0 Å². The van der Waals surface area contributed by atoms with Gasteiger partial charge in [0.15, 0.2) is 0 Å². The van der Waals surface area contributed by atoms with Gasteiger partial charge in [0.1, 0.15) is 0 Å². The summed E-state index contributed by atoms with van der Waals surface area (Å²) in [5.41, 5.74) is 0.922. The van der Waals surface area contributed by atoms with E-state index < -0.39 is 10.0 Å². The van der Waals surface area contributed by atoms with Crippen molar-refractivity contribution < 1.29 is 13.5 Å². The smallest absolute Gasteiger partial charge is 0.304 e. The lowest BCUT2D eigenvalue weighted by molar-refractivity contribution is 0.277. The van der Waals surface area contributed by atoms with E-state index in [0.717, 1.165) is 11.3 Å². The van der Waals surface area contributed by atoms with Gasteiger partial charge in [0.05, 0.1) is 18.0 Å². The number of aromatic amines is 2. The van der Waals surface area contributed by atoms with E-state index in [9.17, 15) is 13.2 Å². The van der Waals surface area contributed by atoms with Gasteiger partial charge in [-0.05, 0) is 6.07 Å². The Morgan fingerprint density at radius 3 is 2.72 bits per heavy atom. The molecule has 2 aromatic heterocycles. The Kier molecular flexibility index (Phi) is 3.66. The van der Waals surface area contributed by atoms with E-state index in [4.69, 9.17) is 5.11 Å². The topological polar surface area (TPSA) is 115 Å². The van der Waals surface area contributed by atoms with E-state index >= 15 is 0 Å². The minimum absolute atomic E-state index is 0.0146. The minimum Gasteiger partial charge on any atom is -0.390 e. The number of hydrogen-bond donors (Lipinski definition) is 4. The lowest BCUT2D eigenvalue weighted by atomic mass is 10.5. The predicted octanol–water partition coefficient (Wildman–Crippen LogP) is -0.265. The second-order valence-corrected chi connectivity index (χ2v) is 6.13. The summed E-state index contributed by atoms with van der Waals surface area (Å²) in [4.78, 5) is 15.8. The molecule has 0 saturated heterocycles. The van der Waals surface area contributed by atoms with Crippen LogP contribution in [0, 0.1) is 0 Å². The molecule has 0 fully saturated rings. The molecule has 0 unspecified atom stereocenters. The number of nitrogens with one attached hydrogen (secondary N) is 3. The van der Waals surface area contributed by atoms with Crippen LogP contribution in [0.15, 0.2) is 27.3 Å². The summed E-state index contributed by atoms with van der Waals surface area (Å²) in [6, 6.07) is 1.35. The molecule has 2 rings (SSSR count). The normalized spacial score (nSPS) is 11.8. The van der Waals surface area contributed by atoms with Crippen LogP contribution in [0.5, 0.6) is 0 Å². The van der Waals surface area contributed by atoms with Crippen molar-refractivity contribution in [3.05, 3.63) is 38.7 Å². The summed E-state index contributed by atoms with van der Waals surface area (Å²) in [7, 11) is -3.65. The second-order valence-electron chi connectivity index (χ2n) is 3.52. The molecule has 0 aliphatic carbocycles. The molecule has 9 heteroatoms. The van der Waals surface area contributed by atoms with Gasteiger partial charge in [-0.2, -0.15) is 0 Å². The lowest BCUT2D eigenvalue weighted by Gasteiger charge is -2.02. The van der Waals surface area contributed by atoms with Crippen molar-refractivity contribution in [1.82, 2.24) is 14.7 Å². The van der Waals surface area contributed by atoms with Crippen LogP contribution < -0.4 is 9.60 Å². The third kappa shape index (κ3) is 2.88. The summed E-state index contributed by atoms with van der Waals surface area (Å²) < 4.78 is 26.0. The molecule has 7 nitrogen and oxygen atoms in total. The minimum atomic E-state index is -3.65. The summed E-state index contributed by atoms with van der Waals surface area (Å²) in [5.74, 6) is 0. The molecule has 0 saturated carbocycles. The van der Waals surface area contributed by atoms with Gasteiger partial charge in [-0.3, -0.25) is 4.79 Å². The largest absolute Gasteiger partial charge is 0.390 e. The second kappa shape index (κ2) is 5.06. The zero-order chi connectivity index (χ0) is 13.2. The highest BCUT2D eigenvalue weighted by Crippen LogP contribution is 2.11. The van der Waals surface area contributed by atoms with Crippen molar-refractivity contribution in [2.75, 3.05) is 0 Å². The van der Waals surface area contributed by atoms with Crippen molar-refractivity contribution in [3.8, 4) is 0 Å². The zero-order valence-corrected chi connectivity index (χ0v) is 10.8. The molecule has 18 heavy (non-hydrogen) atoms. The monoisotopic (exact) mass is 289 g/mol. The van der Waals surface area contributed by atoms with Crippen LogP contribution in [0.2, 0.25) is 0 Å². The molecule has 0 aliphatic heterocycles. The fraction of sp³-hybridized carbons (Fsp3) is 0.222. The number of rotatable bonds is 5. The molecule has 0 spiro atoms. The maximum atomic E-state index is 11.8.